The molecule has 5 N–H and O–H groups in total. The highest BCUT2D eigenvalue weighted by Crippen LogP contribution is 2.38. The van der Waals surface area contributed by atoms with E-state index in [2.05, 4.69) is 10.4 Å². The van der Waals surface area contributed by atoms with Gasteiger partial charge in [-0.05, 0) is 52.8 Å². The molecule has 0 radical (unpaired) electrons. The summed E-state index contributed by atoms with van der Waals surface area (Å²) in [7, 11) is 0.0286. The normalized spacial score (nSPS) is 18.3. The lowest BCUT2D eigenvalue weighted by Gasteiger charge is -2.43. The Hall–Kier alpha value is -3.61. The van der Waals surface area contributed by atoms with E-state index in [9.17, 15) is 39.0 Å². The van der Waals surface area contributed by atoms with Crippen molar-refractivity contribution in [3.63, 3.8) is 0 Å². The van der Waals surface area contributed by atoms with Crippen molar-refractivity contribution in [2.45, 2.75) is 115 Å². The van der Waals surface area contributed by atoms with Gasteiger partial charge >= 0.3 is 18.0 Å². The number of likely N-dealkylation sites (N-methyl/N-ethyl adjacent to an activating group) is 2. The van der Waals surface area contributed by atoms with Crippen molar-refractivity contribution in [1.29, 1.82) is 0 Å². The standard InChI is InChI=1S/C30H54N6O11Si/c1-28(2,3)46-27(43)33-18(17-45-26(42)23(30(7,8)44)35(10)21(38)16-34(9)20(37)15-31)24(39)36-22(25(40)41)19(13-14-32-36)47-48(11,12)29(4,5)6/h14,18-19,22-23,44H,13,15-17,31H2,1-12H3,(H,33,43)(H,40,41)/t18-,19+,22+,23-/m1/s1. The van der Waals surface area contributed by atoms with Crippen LogP contribution in [0.4, 0.5) is 4.79 Å². The van der Waals surface area contributed by atoms with E-state index in [-0.39, 0.29) is 18.0 Å². The maximum Gasteiger partial charge on any atom is 0.408 e. The number of amides is 4. The van der Waals surface area contributed by atoms with Crippen molar-refractivity contribution in [3.05, 3.63) is 0 Å². The number of esters is 1. The number of aliphatic hydroxyl groups is 1. The van der Waals surface area contributed by atoms with Crippen molar-refractivity contribution in [2.75, 3.05) is 33.8 Å². The van der Waals surface area contributed by atoms with Crippen molar-refractivity contribution >= 4 is 50.3 Å². The highest BCUT2D eigenvalue weighted by molar-refractivity contribution is 6.74. The number of carboxylic acid groups (broad SMARTS) is 1. The van der Waals surface area contributed by atoms with Crippen LogP contribution in [-0.2, 0) is 37.9 Å². The third kappa shape index (κ3) is 11.8. The molecule has 0 spiro atoms. The van der Waals surface area contributed by atoms with Crippen LogP contribution in [0, 0.1) is 0 Å². The summed E-state index contributed by atoms with van der Waals surface area (Å²) in [5.74, 6) is -4.89. The summed E-state index contributed by atoms with van der Waals surface area (Å²) < 4.78 is 17.0. The monoisotopic (exact) mass is 702 g/mol. The van der Waals surface area contributed by atoms with Crippen LogP contribution < -0.4 is 11.1 Å². The van der Waals surface area contributed by atoms with Gasteiger partial charge in [0.2, 0.25) is 11.8 Å². The topological polar surface area (TPSA) is 231 Å². The number of ether oxygens (including phenoxy) is 2. The lowest BCUT2D eigenvalue weighted by Crippen LogP contribution is -2.61. The molecule has 17 nitrogen and oxygen atoms in total. The van der Waals surface area contributed by atoms with Crippen LogP contribution in [0.5, 0.6) is 0 Å². The Kier molecular flexibility index (Phi) is 14.3. The van der Waals surface area contributed by atoms with Gasteiger partial charge in [0, 0.05) is 26.7 Å². The van der Waals surface area contributed by atoms with E-state index in [0.29, 0.717) is 5.01 Å². The molecule has 0 aromatic rings. The molecule has 0 aliphatic carbocycles. The number of nitrogens with zero attached hydrogens (tertiary/aromatic N) is 4. The number of carbonyl (C=O) groups excluding carboxylic acids is 5. The summed E-state index contributed by atoms with van der Waals surface area (Å²) in [4.78, 5) is 79.5. The van der Waals surface area contributed by atoms with Crippen molar-refractivity contribution in [2.24, 2.45) is 10.8 Å². The van der Waals surface area contributed by atoms with Gasteiger partial charge in [-0.1, -0.05) is 20.8 Å². The third-order valence-electron chi connectivity index (χ3n) is 7.92. The minimum absolute atomic E-state index is 0.103. The van der Waals surface area contributed by atoms with Gasteiger partial charge in [-0.15, -0.1) is 0 Å². The fourth-order valence-corrected chi connectivity index (χ4v) is 5.71. The zero-order valence-corrected chi connectivity index (χ0v) is 31.2. The summed E-state index contributed by atoms with van der Waals surface area (Å²) in [5, 5.41) is 27.8. The summed E-state index contributed by atoms with van der Waals surface area (Å²) in [5.41, 5.74) is 2.48. The second kappa shape index (κ2) is 16.2. The van der Waals surface area contributed by atoms with E-state index >= 15 is 0 Å². The van der Waals surface area contributed by atoms with Crippen LogP contribution in [0.2, 0.25) is 18.1 Å². The van der Waals surface area contributed by atoms with E-state index in [1.807, 2.05) is 33.9 Å². The Labute approximate surface area is 283 Å². The summed E-state index contributed by atoms with van der Waals surface area (Å²) in [6.07, 6.45) is -0.606. The van der Waals surface area contributed by atoms with Crippen LogP contribution in [0.1, 0.15) is 61.8 Å². The number of nitrogens with one attached hydrogen (secondary N) is 1. The molecule has 0 fully saturated rings. The number of nitrogens with two attached hydrogens (primary N) is 1. The van der Waals surface area contributed by atoms with Gasteiger partial charge < -0.3 is 45.0 Å². The quantitative estimate of drug-likeness (QED) is 0.152. The third-order valence-corrected chi connectivity index (χ3v) is 12.4. The van der Waals surface area contributed by atoms with E-state index in [1.165, 1.54) is 34.2 Å². The molecule has 0 bridgehead atoms. The molecule has 18 heteroatoms. The fourth-order valence-electron chi connectivity index (χ4n) is 4.37. The highest BCUT2D eigenvalue weighted by atomic mass is 28.4. The highest BCUT2D eigenvalue weighted by Gasteiger charge is 2.48. The van der Waals surface area contributed by atoms with Gasteiger partial charge in [0.1, 0.15) is 18.2 Å². The lowest BCUT2D eigenvalue weighted by atomic mass is 9.97. The SMILES string of the molecule is CN(CC(=O)N(C)[C@H](C(=O)OC[C@@H](NC(=O)OC(C)(C)C)C(=O)N1N=CC[C@H](O[Si](C)(C)C(C)(C)C)[C@H]1C(=O)O)C(C)(C)O)C(=O)CN. The smallest absolute Gasteiger partial charge is 0.408 e. The predicted octanol–water partition coefficient (Wildman–Crippen LogP) is 0.500. The number of carboxylic acids is 1. The second-order valence-corrected chi connectivity index (χ2v) is 19.5. The van der Waals surface area contributed by atoms with E-state index < -0.39 is 92.7 Å². The Bertz CT molecular complexity index is 1240. The number of aliphatic carboxylic acids is 1. The number of alkyl carbamates (subject to hydrolysis) is 1. The molecule has 48 heavy (non-hydrogen) atoms. The minimum atomic E-state index is -2.53. The van der Waals surface area contributed by atoms with Crippen LogP contribution in [-0.4, -0.2) is 145 Å². The summed E-state index contributed by atoms with van der Waals surface area (Å²) >= 11 is 0. The Morgan fingerprint density at radius 2 is 1.60 bits per heavy atom. The Morgan fingerprint density at radius 3 is 2.06 bits per heavy atom. The first-order valence-electron chi connectivity index (χ1n) is 15.5. The van der Waals surface area contributed by atoms with Gasteiger partial charge in [0.05, 0.1) is 24.8 Å². The summed E-state index contributed by atoms with van der Waals surface area (Å²) in [6, 6.07) is -4.94. The van der Waals surface area contributed by atoms with Gasteiger partial charge in [-0.2, -0.15) is 5.10 Å². The molecule has 1 aliphatic heterocycles. The Morgan fingerprint density at radius 1 is 1.04 bits per heavy atom. The molecule has 1 aliphatic rings. The first-order valence-corrected chi connectivity index (χ1v) is 18.4. The number of carbonyl (C=O) groups is 6. The van der Waals surface area contributed by atoms with Crippen molar-refractivity contribution in [1.82, 2.24) is 20.1 Å². The molecule has 0 saturated heterocycles. The first kappa shape index (κ1) is 42.4. The first-order chi connectivity index (χ1) is 21.6. The molecule has 4 amide bonds. The van der Waals surface area contributed by atoms with E-state index in [1.54, 1.807) is 20.8 Å². The number of rotatable bonds is 13. The average Bonchev–Trinajstić information content (AvgIpc) is 2.91. The molecule has 4 atom stereocenters. The van der Waals surface area contributed by atoms with Gasteiger partial charge in [-0.25, -0.2) is 19.4 Å². The molecule has 1 rings (SSSR count). The van der Waals surface area contributed by atoms with Crippen LogP contribution in [0.3, 0.4) is 0 Å². The van der Waals surface area contributed by atoms with Crippen LogP contribution in [0.15, 0.2) is 5.10 Å². The molecular formula is C30H54N6O11Si. The summed E-state index contributed by atoms with van der Waals surface area (Å²) in [6.45, 7) is 15.4. The Balaban J connectivity index is 3.43. The molecule has 0 saturated carbocycles. The maximum atomic E-state index is 13.9. The zero-order chi connectivity index (χ0) is 37.6. The van der Waals surface area contributed by atoms with Crippen LogP contribution >= 0.6 is 0 Å². The lowest BCUT2D eigenvalue weighted by molar-refractivity contribution is -0.167. The molecule has 0 aromatic heterocycles. The van der Waals surface area contributed by atoms with Crippen LogP contribution in [0.25, 0.3) is 0 Å². The van der Waals surface area contributed by atoms with Crippen molar-refractivity contribution in [3.8, 4) is 0 Å². The van der Waals surface area contributed by atoms with Gasteiger partial charge in [0.25, 0.3) is 5.91 Å². The van der Waals surface area contributed by atoms with E-state index in [0.717, 1.165) is 9.80 Å². The molecule has 0 unspecified atom stereocenters. The molecule has 0 aromatic carbocycles. The van der Waals surface area contributed by atoms with Gasteiger partial charge in [0.15, 0.2) is 20.4 Å². The predicted molar refractivity (Wildman–Crippen MR) is 177 cm³/mol. The number of hydrogen-bond acceptors (Lipinski definition) is 12. The molecular weight excluding hydrogens is 648 g/mol. The zero-order valence-electron chi connectivity index (χ0n) is 30.2. The van der Waals surface area contributed by atoms with Crippen molar-refractivity contribution < 1.29 is 52.9 Å². The largest absolute Gasteiger partial charge is 0.480 e. The average molecular weight is 703 g/mol. The number of hydrogen-bond donors (Lipinski definition) is 4. The fraction of sp³-hybridized carbons (Fsp3) is 0.767. The second-order valence-electron chi connectivity index (χ2n) is 14.8. The van der Waals surface area contributed by atoms with Gasteiger partial charge in [-0.3, -0.25) is 14.4 Å². The van der Waals surface area contributed by atoms with E-state index in [4.69, 9.17) is 19.6 Å². The molecule has 1 heterocycles. The molecule has 274 valence electrons. The maximum absolute atomic E-state index is 13.9. The number of hydrazone groups is 1. The minimum Gasteiger partial charge on any atom is -0.480 e.